The van der Waals surface area contributed by atoms with Crippen molar-refractivity contribution in [1.82, 2.24) is 25.1 Å². The minimum Gasteiger partial charge on any atom is -0.323 e. The molecule has 0 aromatic carbocycles. The van der Waals surface area contributed by atoms with Gasteiger partial charge in [-0.15, -0.1) is 0 Å². The van der Waals surface area contributed by atoms with Crippen LogP contribution in [0.4, 0.5) is 5.69 Å². The Balaban J connectivity index is 2.19. The van der Waals surface area contributed by atoms with E-state index in [0.29, 0.717) is 18.1 Å². The fraction of sp³-hybridized carbons (Fsp3) is 0.333. The summed E-state index contributed by atoms with van der Waals surface area (Å²) in [6.07, 6.45) is 4.60. The SMILES string of the molecule is CNCC(C)C(=O)Nc1cccnc1-n1cncn1. The molecule has 7 nitrogen and oxygen atoms in total. The van der Waals surface area contributed by atoms with Gasteiger partial charge in [0.25, 0.3) is 0 Å². The zero-order valence-electron chi connectivity index (χ0n) is 10.9. The summed E-state index contributed by atoms with van der Waals surface area (Å²) in [5.74, 6) is 0.350. The average Bonchev–Trinajstić information content (AvgIpc) is 2.93. The molecule has 0 bridgehead atoms. The maximum absolute atomic E-state index is 12.0. The molecule has 2 aromatic rings. The van der Waals surface area contributed by atoms with Gasteiger partial charge in [0.1, 0.15) is 12.7 Å². The van der Waals surface area contributed by atoms with Gasteiger partial charge in [-0.3, -0.25) is 4.79 Å². The van der Waals surface area contributed by atoms with Crippen molar-refractivity contribution in [3.8, 4) is 5.82 Å². The molecular weight excluding hydrogens is 244 g/mol. The van der Waals surface area contributed by atoms with Crippen LogP contribution in [0.3, 0.4) is 0 Å². The van der Waals surface area contributed by atoms with Crippen LogP contribution in [0.5, 0.6) is 0 Å². The number of nitrogens with zero attached hydrogens (tertiary/aromatic N) is 4. The van der Waals surface area contributed by atoms with Crippen molar-refractivity contribution in [2.24, 2.45) is 5.92 Å². The van der Waals surface area contributed by atoms with E-state index in [2.05, 4.69) is 25.7 Å². The topological polar surface area (TPSA) is 84.7 Å². The number of hydrogen-bond acceptors (Lipinski definition) is 5. The Morgan fingerprint density at radius 1 is 1.53 bits per heavy atom. The van der Waals surface area contributed by atoms with E-state index in [-0.39, 0.29) is 11.8 Å². The lowest BCUT2D eigenvalue weighted by Gasteiger charge is -2.13. The normalized spacial score (nSPS) is 12.1. The second kappa shape index (κ2) is 6.05. The maximum atomic E-state index is 12.0. The van der Waals surface area contributed by atoms with Crippen molar-refractivity contribution in [2.45, 2.75) is 6.92 Å². The number of nitrogens with one attached hydrogen (secondary N) is 2. The first kappa shape index (κ1) is 13.2. The first-order chi connectivity index (χ1) is 9.22. The quantitative estimate of drug-likeness (QED) is 0.815. The first-order valence-electron chi connectivity index (χ1n) is 5.98. The van der Waals surface area contributed by atoms with Crippen molar-refractivity contribution in [3.05, 3.63) is 31.0 Å². The van der Waals surface area contributed by atoms with Crippen LogP contribution >= 0.6 is 0 Å². The number of pyridine rings is 1. The number of hydrogen-bond donors (Lipinski definition) is 2. The molecule has 2 aromatic heterocycles. The molecule has 2 heterocycles. The predicted molar refractivity (Wildman–Crippen MR) is 70.9 cm³/mol. The van der Waals surface area contributed by atoms with Crippen LogP contribution in [0.15, 0.2) is 31.0 Å². The third-order valence-corrected chi connectivity index (χ3v) is 2.64. The molecule has 0 aliphatic heterocycles. The summed E-state index contributed by atoms with van der Waals surface area (Å²) >= 11 is 0. The number of carbonyl (C=O) groups excluding carboxylic acids is 1. The van der Waals surface area contributed by atoms with Gasteiger partial charge in [0.05, 0.1) is 5.69 Å². The van der Waals surface area contributed by atoms with Crippen LogP contribution in [-0.4, -0.2) is 39.2 Å². The summed E-state index contributed by atoms with van der Waals surface area (Å²) in [5, 5.41) is 9.84. The minimum atomic E-state index is -0.131. The number of amides is 1. The lowest BCUT2D eigenvalue weighted by atomic mass is 10.1. The van der Waals surface area contributed by atoms with Crippen molar-refractivity contribution in [2.75, 3.05) is 18.9 Å². The van der Waals surface area contributed by atoms with Gasteiger partial charge < -0.3 is 10.6 Å². The number of rotatable bonds is 5. The zero-order valence-corrected chi connectivity index (χ0v) is 10.9. The Bertz CT molecular complexity index is 539. The highest BCUT2D eigenvalue weighted by atomic mass is 16.1. The lowest BCUT2D eigenvalue weighted by molar-refractivity contribution is -0.119. The van der Waals surface area contributed by atoms with E-state index in [9.17, 15) is 4.79 Å². The number of anilines is 1. The highest BCUT2D eigenvalue weighted by Crippen LogP contribution is 2.16. The molecule has 0 saturated heterocycles. The maximum Gasteiger partial charge on any atom is 0.228 e. The summed E-state index contributed by atoms with van der Waals surface area (Å²) in [6, 6.07) is 3.55. The van der Waals surface area contributed by atoms with Crippen LogP contribution < -0.4 is 10.6 Å². The Morgan fingerprint density at radius 3 is 3.05 bits per heavy atom. The molecule has 2 rings (SSSR count). The Labute approximate surface area is 111 Å². The van der Waals surface area contributed by atoms with Gasteiger partial charge in [-0.25, -0.2) is 14.6 Å². The molecule has 0 aliphatic carbocycles. The monoisotopic (exact) mass is 260 g/mol. The molecule has 1 amide bonds. The van der Waals surface area contributed by atoms with Crippen molar-refractivity contribution in [3.63, 3.8) is 0 Å². The van der Waals surface area contributed by atoms with E-state index in [1.807, 2.05) is 14.0 Å². The molecule has 0 aliphatic rings. The summed E-state index contributed by atoms with van der Waals surface area (Å²) in [5.41, 5.74) is 0.612. The predicted octanol–water partition coefficient (Wildman–Crippen LogP) is 0.456. The molecule has 100 valence electrons. The molecule has 1 atom stereocenters. The largest absolute Gasteiger partial charge is 0.323 e. The van der Waals surface area contributed by atoms with E-state index in [4.69, 9.17) is 0 Å². The van der Waals surface area contributed by atoms with Gasteiger partial charge in [-0.1, -0.05) is 6.92 Å². The van der Waals surface area contributed by atoms with E-state index in [1.54, 1.807) is 18.3 Å². The smallest absolute Gasteiger partial charge is 0.228 e. The van der Waals surface area contributed by atoms with Crippen LogP contribution in [-0.2, 0) is 4.79 Å². The Morgan fingerprint density at radius 2 is 2.37 bits per heavy atom. The van der Waals surface area contributed by atoms with Gasteiger partial charge in [0.15, 0.2) is 5.82 Å². The van der Waals surface area contributed by atoms with Crippen molar-refractivity contribution in [1.29, 1.82) is 0 Å². The summed E-state index contributed by atoms with van der Waals surface area (Å²) in [4.78, 5) is 20.1. The van der Waals surface area contributed by atoms with E-state index in [0.717, 1.165) is 0 Å². The van der Waals surface area contributed by atoms with Gasteiger partial charge in [0.2, 0.25) is 5.91 Å². The molecule has 0 fully saturated rings. The standard InChI is InChI=1S/C12H16N6O/c1-9(6-13-2)12(19)17-10-4-3-5-15-11(10)18-8-14-7-16-18/h3-5,7-9,13H,6H2,1-2H3,(H,17,19). The summed E-state index contributed by atoms with van der Waals surface area (Å²) in [6.45, 7) is 2.47. The third kappa shape index (κ3) is 3.14. The molecular formula is C12H16N6O. The lowest BCUT2D eigenvalue weighted by Crippen LogP contribution is -2.29. The molecule has 0 radical (unpaired) electrons. The minimum absolute atomic E-state index is 0.0660. The summed E-state index contributed by atoms with van der Waals surface area (Å²) in [7, 11) is 1.81. The number of carbonyl (C=O) groups is 1. The van der Waals surface area contributed by atoms with Crippen molar-refractivity contribution >= 4 is 11.6 Å². The highest BCUT2D eigenvalue weighted by Gasteiger charge is 2.15. The fourth-order valence-electron chi connectivity index (χ4n) is 1.65. The Hall–Kier alpha value is -2.28. The van der Waals surface area contributed by atoms with Gasteiger partial charge in [-0.2, -0.15) is 5.10 Å². The van der Waals surface area contributed by atoms with Crippen LogP contribution in [0.2, 0.25) is 0 Å². The van der Waals surface area contributed by atoms with Crippen LogP contribution in [0.25, 0.3) is 5.82 Å². The first-order valence-corrected chi connectivity index (χ1v) is 5.98. The molecule has 7 heteroatoms. The second-order valence-electron chi connectivity index (χ2n) is 4.16. The molecule has 2 N–H and O–H groups in total. The third-order valence-electron chi connectivity index (χ3n) is 2.64. The van der Waals surface area contributed by atoms with E-state index in [1.165, 1.54) is 17.3 Å². The van der Waals surface area contributed by atoms with Gasteiger partial charge >= 0.3 is 0 Å². The average molecular weight is 260 g/mol. The van der Waals surface area contributed by atoms with Gasteiger partial charge in [-0.05, 0) is 19.2 Å². The molecule has 0 saturated carbocycles. The van der Waals surface area contributed by atoms with E-state index < -0.39 is 0 Å². The van der Waals surface area contributed by atoms with Crippen molar-refractivity contribution < 1.29 is 4.79 Å². The molecule has 19 heavy (non-hydrogen) atoms. The zero-order chi connectivity index (χ0) is 13.7. The second-order valence-corrected chi connectivity index (χ2v) is 4.16. The Kier molecular flexibility index (Phi) is 4.19. The van der Waals surface area contributed by atoms with Crippen LogP contribution in [0, 0.1) is 5.92 Å². The molecule has 1 unspecified atom stereocenters. The van der Waals surface area contributed by atoms with Crippen LogP contribution in [0.1, 0.15) is 6.92 Å². The fourth-order valence-corrected chi connectivity index (χ4v) is 1.65. The number of aromatic nitrogens is 4. The molecule has 0 spiro atoms. The highest BCUT2D eigenvalue weighted by molar-refractivity contribution is 5.93. The summed E-state index contributed by atoms with van der Waals surface area (Å²) < 4.78 is 1.51. The van der Waals surface area contributed by atoms with E-state index >= 15 is 0 Å². The van der Waals surface area contributed by atoms with Gasteiger partial charge in [0, 0.05) is 18.7 Å².